The third-order valence-corrected chi connectivity index (χ3v) is 4.01. The van der Waals surface area contributed by atoms with E-state index < -0.39 is 0 Å². The first kappa shape index (κ1) is 10.4. The highest BCUT2D eigenvalue weighted by Gasteiger charge is 2.35. The van der Waals surface area contributed by atoms with Gasteiger partial charge < -0.3 is 9.64 Å². The monoisotopic (exact) mass is 197 g/mol. The van der Waals surface area contributed by atoms with Crippen LogP contribution >= 0.6 is 0 Å². The first-order valence-corrected chi connectivity index (χ1v) is 6.03. The summed E-state index contributed by atoms with van der Waals surface area (Å²) < 4.78 is 6.12. The Morgan fingerprint density at radius 3 is 2.57 bits per heavy atom. The highest BCUT2D eigenvalue weighted by Crippen LogP contribution is 2.35. The topological polar surface area (TPSA) is 12.5 Å². The van der Waals surface area contributed by atoms with Crippen LogP contribution < -0.4 is 0 Å². The molecule has 1 unspecified atom stereocenters. The van der Waals surface area contributed by atoms with Gasteiger partial charge in [-0.25, -0.2) is 0 Å². The van der Waals surface area contributed by atoms with Gasteiger partial charge in [-0.3, -0.25) is 0 Å². The Morgan fingerprint density at radius 2 is 1.86 bits per heavy atom. The van der Waals surface area contributed by atoms with Crippen molar-refractivity contribution in [1.82, 2.24) is 4.90 Å². The van der Waals surface area contributed by atoms with Crippen LogP contribution in [0.1, 0.15) is 39.0 Å². The molecule has 2 fully saturated rings. The molecule has 0 aromatic carbocycles. The van der Waals surface area contributed by atoms with E-state index in [2.05, 4.69) is 18.9 Å². The maximum absolute atomic E-state index is 6.12. The van der Waals surface area contributed by atoms with Crippen LogP contribution in [-0.2, 0) is 4.74 Å². The number of likely N-dealkylation sites (tertiary alicyclic amines) is 1. The molecule has 82 valence electrons. The molecule has 2 aliphatic heterocycles. The zero-order valence-electron chi connectivity index (χ0n) is 9.59. The summed E-state index contributed by atoms with van der Waals surface area (Å²) in [6, 6.07) is 0. The van der Waals surface area contributed by atoms with Crippen LogP contribution in [0, 0.1) is 5.92 Å². The Kier molecular flexibility index (Phi) is 3.13. The number of ether oxygens (including phenoxy) is 1. The molecule has 0 saturated carbocycles. The first-order valence-electron chi connectivity index (χ1n) is 6.03. The Bertz CT molecular complexity index is 179. The summed E-state index contributed by atoms with van der Waals surface area (Å²) in [6.07, 6.45) is 6.41. The number of rotatable bonds is 0. The lowest BCUT2D eigenvalue weighted by Gasteiger charge is -2.39. The zero-order chi connectivity index (χ0) is 10.0. The summed E-state index contributed by atoms with van der Waals surface area (Å²) in [5.74, 6) is 0.869. The minimum Gasteiger partial charge on any atom is -0.375 e. The lowest BCUT2D eigenvalue weighted by atomic mass is 9.85. The molecule has 2 aliphatic rings. The van der Waals surface area contributed by atoms with Crippen LogP contribution in [0.15, 0.2) is 0 Å². The van der Waals surface area contributed by atoms with Crippen molar-refractivity contribution in [1.29, 1.82) is 0 Å². The van der Waals surface area contributed by atoms with Gasteiger partial charge >= 0.3 is 0 Å². The number of nitrogens with zero attached hydrogens (tertiary/aromatic N) is 1. The molecule has 0 bridgehead atoms. The summed E-state index contributed by atoms with van der Waals surface area (Å²) in [5.41, 5.74) is 0.261. The van der Waals surface area contributed by atoms with E-state index in [9.17, 15) is 0 Å². The molecular weight excluding hydrogens is 174 g/mol. The minimum absolute atomic E-state index is 0.261. The van der Waals surface area contributed by atoms with E-state index in [1.54, 1.807) is 0 Å². The molecular formula is C12H23NO. The third kappa shape index (κ3) is 2.29. The highest BCUT2D eigenvalue weighted by atomic mass is 16.5. The van der Waals surface area contributed by atoms with E-state index in [0.717, 1.165) is 12.5 Å². The van der Waals surface area contributed by atoms with Gasteiger partial charge in [0, 0.05) is 19.7 Å². The van der Waals surface area contributed by atoms with Crippen LogP contribution in [0.3, 0.4) is 0 Å². The second-order valence-electron chi connectivity index (χ2n) is 5.27. The summed E-state index contributed by atoms with van der Waals surface area (Å²) in [4.78, 5) is 2.42. The normalized spacial score (nSPS) is 34.3. The van der Waals surface area contributed by atoms with Gasteiger partial charge in [-0.1, -0.05) is 6.92 Å². The third-order valence-electron chi connectivity index (χ3n) is 4.01. The first-order chi connectivity index (χ1) is 6.70. The van der Waals surface area contributed by atoms with Gasteiger partial charge in [0.25, 0.3) is 0 Å². The maximum Gasteiger partial charge on any atom is 0.0707 e. The molecule has 0 amide bonds. The average Bonchev–Trinajstić information content (AvgIpc) is 2.36. The van der Waals surface area contributed by atoms with E-state index in [-0.39, 0.29) is 5.60 Å². The quantitative estimate of drug-likeness (QED) is 0.591. The predicted octanol–water partition coefficient (Wildman–Crippen LogP) is 2.29. The summed E-state index contributed by atoms with van der Waals surface area (Å²) >= 11 is 0. The minimum atomic E-state index is 0.261. The summed E-state index contributed by atoms with van der Waals surface area (Å²) in [5, 5.41) is 0. The molecule has 2 nitrogen and oxygen atoms in total. The van der Waals surface area contributed by atoms with Crippen molar-refractivity contribution in [2.75, 3.05) is 26.7 Å². The van der Waals surface area contributed by atoms with E-state index in [1.165, 1.54) is 45.2 Å². The second kappa shape index (κ2) is 4.19. The van der Waals surface area contributed by atoms with Gasteiger partial charge in [0.15, 0.2) is 0 Å². The van der Waals surface area contributed by atoms with Crippen LogP contribution in [0.25, 0.3) is 0 Å². The highest BCUT2D eigenvalue weighted by molar-refractivity contribution is 4.88. The number of hydrogen-bond donors (Lipinski definition) is 0. The maximum atomic E-state index is 6.12. The van der Waals surface area contributed by atoms with Gasteiger partial charge in [0.2, 0.25) is 0 Å². The average molecular weight is 197 g/mol. The standard InChI is InChI=1S/C12H23NO/c1-11-3-5-12(14-10-4-11)6-8-13(2)9-7-12/h11H,3-10H2,1-2H3. The Labute approximate surface area is 87.6 Å². The molecule has 0 radical (unpaired) electrons. The Balaban J connectivity index is 1.94. The van der Waals surface area contributed by atoms with Crippen LogP contribution in [-0.4, -0.2) is 37.2 Å². The molecule has 14 heavy (non-hydrogen) atoms. The molecule has 0 aromatic heterocycles. The molecule has 0 aromatic rings. The van der Waals surface area contributed by atoms with Crippen molar-refractivity contribution in [2.45, 2.75) is 44.6 Å². The van der Waals surface area contributed by atoms with Gasteiger partial charge in [0.05, 0.1) is 5.60 Å². The summed E-state index contributed by atoms with van der Waals surface area (Å²) in [7, 11) is 2.21. The van der Waals surface area contributed by atoms with Gasteiger partial charge in [-0.05, 0) is 45.1 Å². The fourth-order valence-corrected chi connectivity index (χ4v) is 2.62. The van der Waals surface area contributed by atoms with Crippen molar-refractivity contribution in [2.24, 2.45) is 5.92 Å². The van der Waals surface area contributed by atoms with Crippen molar-refractivity contribution >= 4 is 0 Å². The largest absolute Gasteiger partial charge is 0.375 e. The van der Waals surface area contributed by atoms with Crippen molar-refractivity contribution in [3.05, 3.63) is 0 Å². The van der Waals surface area contributed by atoms with E-state index in [4.69, 9.17) is 4.74 Å². The fourth-order valence-electron chi connectivity index (χ4n) is 2.62. The zero-order valence-corrected chi connectivity index (χ0v) is 9.59. The smallest absolute Gasteiger partial charge is 0.0707 e. The Morgan fingerprint density at radius 1 is 1.14 bits per heavy atom. The molecule has 2 rings (SSSR count). The number of hydrogen-bond acceptors (Lipinski definition) is 2. The fraction of sp³-hybridized carbons (Fsp3) is 1.00. The van der Waals surface area contributed by atoms with E-state index in [1.807, 2.05) is 0 Å². The number of piperidine rings is 1. The van der Waals surface area contributed by atoms with Gasteiger partial charge in [0.1, 0.15) is 0 Å². The molecule has 2 saturated heterocycles. The molecule has 1 atom stereocenters. The molecule has 0 N–H and O–H groups in total. The predicted molar refractivity (Wildman–Crippen MR) is 58.4 cm³/mol. The molecule has 0 aliphatic carbocycles. The molecule has 1 spiro atoms. The van der Waals surface area contributed by atoms with Crippen molar-refractivity contribution in [3.8, 4) is 0 Å². The van der Waals surface area contributed by atoms with Crippen LogP contribution in [0.5, 0.6) is 0 Å². The van der Waals surface area contributed by atoms with Crippen molar-refractivity contribution < 1.29 is 4.74 Å². The molecule has 2 heterocycles. The SMILES string of the molecule is CC1CCOC2(CC1)CCN(C)CC2. The Hall–Kier alpha value is -0.0800. The lowest BCUT2D eigenvalue weighted by molar-refractivity contribution is -0.0784. The van der Waals surface area contributed by atoms with E-state index in [0.29, 0.717) is 0 Å². The van der Waals surface area contributed by atoms with E-state index >= 15 is 0 Å². The van der Waals surface area contributed by atoms with Gasteiger partial charge in [-0.2, -0.15) is 0 Å². The second-order valence-corrected chi connectivity index (χ2v) is 5.27. The van der Waals surface area contributed by atoms with Crippen LogP contribution in [0.4, 0.5) is 0 Å². The summed E-state index contributed by atoms with van der Waals surface area (Å²) in [6.45, 7) is 5.78. The van der Waals surface area contributed by atoms with Crippen LogP contribution in [0.2, 0.25) is 0 Å². The lowest BCUT2D eigenvalue weighted by Crippen LogP contribution is -2.44. The van der Waals surface area contributed by atoms with Crippen molar-refractivity contribution in [3.63, 3.8) is 0 Å². The van der Waals surface area contributed by atoms with Gasteiger partial charge in [-0.15, -0.1) is 0 Å². The molecule has 2 heteroatoms.